The Kier molecular flexibility index (Phi) is 3.12. The molecule has 3 heteroatoms. The highest BCUT2D eigenvalue weighted by molar-refractivity contribution is 8.13. The van der Waals surface area contributed by atoms with Crippen molar-refractivity contribution in [2.24, 2.45) is 10.9 Å². The van der Waals surface area contributed by atoms with Crippen molar-refractivity contribution < 1.29 is 4.79 Å². The van der Waals surface area contributed by atoms with Gasteiger partial charge in [0.2, 0.25) is 0 Å². The Balaban J connectivity index is 2.47. The summed E-state index contributed by atoms with van der Waals surface area (Å²) in [5.41, 5.74) is 0. The summed E-state index contributed by atoms with van der Waals surface area (Å²) in [6.45, 7) is 2.37. The summed E-state index contributed by atoms with van der Waals surface area (Å²) < 4.78 is 0. The molecule has 62 valence electrons. The number of thioether (sulfide) groups is 1. The number of aliphatic imine (C=N–C) groups is 1. The number of ketones is 1. The van der Waals surface area contributed by atoms with E-state index in [1.807, 2.05) is 6.26 Å². The summed E-state index contributed by atoms with van der Waals surface area (Å²) in [7, 11) is 0. The van der Waals surface area contributed by atoms with Crippen LogP contribution in [0.2, 0.25) is 0 Å². The van der Waals surface area contributed by atoms with Gasteiger partial charge in [0.15, 0.2) is 0 Å². The molecule has 0 spiro atoms. The lowest BCUT2D eigenvalue weighted by Gasteiger charge is -2.17. The van der Waals surface area contributed by atoms with E-state index in [1.54, 1.807) is 18.7 Å². The summed E-state index contributed by atoms with van der Waals surface area (Å²) in [6, 6.07) is 0. The minimum Gasteiger partial charge on any atom is -0.300 e. The molecule has 0 aliphatic carbocycles. The molecule has 1 heterocycles. The lowest BCUT2D eigenvalue weighted by atomic mass is 9.98. The van der Waals surface area contributed by atoms with Gasteiger partial charge >= 0.3 is 0 Å². The average molecular weight is 171 g/mol. The van der Waals surface area contributed by atoms with E-state index < -0.39 is 0 Å². The van der Waals surface area contributed by atoms with Crippen LogP contribution in [0.4, 0.5) is 0 Å². The monoisotopic (exact) mass is 171 g/mol. The minimum absolute atomic E-state index is 0.200. The van der Waals surface area contributed by atoms with Crippen molar-refractivity contribution in [1.82, 2.24) is 0 Å². The standard InChI is InChI=1S/C8H13NOS/c1-6(10)7-3-4-8(11-2)9-5-7/h7H,3-5H2,1-2H3. The van der Waals surface area contributed by atoms with E-state index in [4.69, 9.17) is 0 Å². The SMILES string of the molecule is CSC1=NCC(C(C)=O)CC1. The number of carbonyl (C=O) groups is 1. The van der Waals surface area contributed by atoms with Crippen molar-refractivity contribution in [3.63, 3.8) is 0 Å². The summed E-state index contributed by atoms with van der Waals surface area (Å²) in [6.07, 6.45) is 4.02. The van der Waals surface area contributed by atoms with E-state index in [1.165, 1.54) is 5.04 Å². The first kappa shape index (κ1) is 8.78. The van der Waals surface area contributed by atoms with E-state index in [9.17, 15) is 4.79 Å². The first-order valence-corrected chi connectivity index (χ1v) is 5.04. The van der Waals surface area contributed by atoms with Crippen LogP contribution in [0.25, 0.3) is 0 Å². The zero-order valence-electron chi connectivity index (χ0n) is 6.96. The molecular formula is C8H13NOS. The summed E-state index contributed by atoms with van der Waals surface area (Å²) in [4.78, 5) is 15.2. The molecule has 1 aliphatic rings. The van der Waals surface area contributed by atoms with Crippen molar-refractivity contribution in [2.75, 3.05) is 12.8 Å². The Morgan fingerprint density at radius 1 is 1.73 bits per heavy atom. The fourth-order valence-electron chi connectivity index (χ4n) is 1.18. The Hall–Kier alpha value is -0.310. The van der Waals surface area contributed by atoms with E-state index in [0.717, 1.165) is 12.8 Å². The van der Waals surface area contributed by atoms with E-state index >= 15 is 0 Å². The average Bonchev–Trinajstić information content (AvgIpc) is 2.05. The maximum atomic E-state index is 10.9. The number of hydrogen-bond donors (Lipinski definition) is 0. The molecule has 1 atom stereocenters. The van der Waals surface area contributed by atoms with Crippen molar-refractivity contribution in [3.05, 3.63) is 0 Å². The van der Waals surface area contributed by atoms with Gasteiger partial charge in [0.25, 0.3) is 0 Å². The molecule has 2 nitrogen and oxygen atoms in total. The molecule has 0 radical (unpaired) electrons. The van der Waals surface area contributed by atoms with Crippen LogP contribution in [0.5, 0.6) is 0 Å². The lowest BCUT2D eigenvalue weighted by molar-refractivity contribution is -0.120. The van der Waals surface area contributed by atoms with Gasteiger partial charge in [-0.3, -0.25) is 9.79 Å². The van der Waals surface area contributed by atoms with Gasteiger partial charge in [-0.15, -0.1) is 11.8 Å². The highest BCUT2D eigenvalue weighted by Gasteiger charge is 2.18. The number of rotatable bonds is 1. The normalized spacial score (nSPS) is 24.5. The second-order valence-electron chi connectivity index (χ2n) is 2.78. The third kappa shape index (κ3) is 2.33. The molecule has 0 saturated carbocycles. The molecular weight excluding hydrogens is 158 g/mol. The third-order valence-corrected chi connectivity index (χ3v) is 2.81. The Morgan fingerprint density at radius 2 is 2.45 bits per heavy atom. The molecule has 1 aliphatic heterocycles. The van der Waals surface area contributed by atoms with Crippen molar-refractivity contribution in [3.8, 4) is 0 Å². The van der Waals surface area contributed by atoms with E-state index in [0.29, 0.717) is 6.54 Å². The summed E-state index contributed by atoms with van der Waals surface area (Å²) >= 11 is 1.70. The van der Waals surface area contributed by atoms with E-state index in [-0.39, 0.29) is 11.7 Å². The summed E-state index contributed by atoms with van der Waals surface area (Å²) in [5, 5.41) is 1.20. The maximum Gasteiger partial charge on any atom is 0.134 e. The van der Waals surface area contributed by atoms with Gasteiger partial charge in [-0.1, -0.05) is 0 Å². The number of Topliss-reactive ketones (excluding diaryl/α,β-unsaturated/α-hetero) is 1. The van der Waals surface area contributed by atoms with Gasteiger partial charge < -0.3 is 0 Å². The molecule has 0 amide bonds. The smallest absolute Gasteiger partial charge is 0.134 e. The number of hydrogen-bond acceptors (Lipinski definition) is 3. The van der Waals surface area contributed by atoms with Crippen LogP contribution in [0.3, 0.4) is 0 Å². The van der Waals surface area contributed by atoms with Crippen LogP contribution >= 0.6 is 11.8 Å². The van der Waals surface area contributed by atoms with Crippen LogP contribution in [-0.2, 0) is 4.79 Å². The predicted molar refractivity (Wildman–Crippen MR) is 49.2 cm³/mol. The zero-order chi connectivity index (χ0) is 8.27. The number of nitrogens with zero attached hydrogens (tertiary/aromatic N) is 1. The highest BCUT2D eigenvalue weighted by atomic mass is 32.2. The molecule has 0 bridgehead atoms. The first-order valence-electron chi connectivity index (χ1n) is 3.82. The second kappa shape index (κ2) is 3.90. The molecule has 11 heavy (non-hydrogen) atoms. The van der Waals surface area contributed by atoms with Crippen molar-refractivity contribution in [2.45, 2.75) is 19.8 Å². The molecule has 1 rings (SSSR count). The molecule has 0 saturated heterocycles. The van der Waals surface area contributed by atoms with Crippen LogP contribution < -0.4 is 0 Å². The van der Waals surface area contributed by atoms with Gasteiger partial charge in [-0.25, -0.2) is 0 Å². The fourth-order valence-corrected chi connectivity index (χ4v) is 1.70. The summed E-state index contributed by atoms with van der Waals surface area (Å²) in [5.74, 6) is 0.486. The van der Waals surface area contributed by atoms with Gasteiger partial charge in [0.1, 0.15) is 5.78 Å². The van der Waals surface area contributed by atoms with Crippen LogP contribution in [0.15, 0.2) is 4.99 Å². The highest BCUT2D eigenvalue weighted by Crippen LogP contribution is 2.19. The quantitative estimate of drug-likeness (QED) is 0.601. The molecule has 0 aromatic heterocycles. The minimum atomic E-state index is 0.200. The maximum absolute atomic E-state index is 10.9. The molecule has 1 unspecified atom stereocenters. The fraction of sp³-hybridized carbons (Fsp3) is 0.750. The lowest BCUT2D eigenvalue weighted by Crippen LogP contribution is -2.20. The van der Waals surface area contributed by atoms with Crippen molar-refractivity contribution >= 4 is 22.6 Å². The van der Waals surface area contributed by atoms with Gasteiger partial charge in [0.05, 0.1) is 5.04 Å². The third-order valence-electron chi connectivity index (χ3n) is 2.01. The molecule has 0 aromatic carbocycles. The molecule has 0 fully saturated rings. The Morgan fingerprint density at radius 3 is 2.82 bits per heavy atom. The molecule has 0 N–H and O–H groups in total. The predicted octanol–water partition coefficient (Wildman–Crippen LogP) is 1.75. The Bertz CT molecular complexity index is 189. The zero-order valence-corrected chi connectivity index (χ0v) is 7.78. The first-order chi connectivity index (χ1) is 5.24. The van der Waals surface area contributed by atoms with Crippen LogP contribution in [0.1, 0.15) is 19.8 Å². The van der Waals surface area contributed by atoms with E-state index in [2.05, 4.69) is 4.99 Å². The second-order valence-corrected chi connectivity index (χ2v) is 3.66. The topological polar surface area (TPSA) is 29.4 Å². The van der Waals surface area contributed by atoms with Gasteiger partial charge in [-0.05, 0) is 26.0 Å². The van der Waals surface area contributed by atoms with Crippen molar-refractivity contribution in [1.29, 1.82) is 0 Å². The van der Waals surface area contributed by atoms with Crippen LogP contribution in [0, 0.1) is 5.92 Å². The van der Waals surface area contributed by atoms with Crippen LogP contribution in [-0.4, -0.2) is 23.6 Å². The largest absolute Gasteiger partial charge is 0.300 e. The molecule has 0 aromatic rings. The van der Waals surface area contributed by atoms with Gasteiger partial charge in [-0.2, -0.15) is 0 Å². The van der Waals surface area contributed by atoms with Gasteiger partial charge in [0, 0.05) is 12.5 Å². The number of carbonyl (C=O) groups excluding carboxylic acids is 1. The Labute approximate surface area is 71.5 Å².